The number of nitrogens with zero attached hydrogens (tertiary/aromatic N) is 5. The summed E-state index contributed by atoms with van der Waals surface area (Å²) in [5.74, 6) is 0.789. The van der Waals surface area contributed by atoms with Crippen LogP contribution in [0.2, 0.25) is 0 Å². The van der Waals surface area contributed by atoms with Crippen molar-refractivity contribution >= 4 is 40.8 Å². The molecule has 0 aromatic carbocycles. The molecule has 0 aliphatic heterocycles. The van der Waals surface area contributed by atoms with Crippen LogP contribution >= 0.6 is 11.8 Å². The van der Waals surface area contributed by atoms with Crippen LogP contribution in [0.1, 0.15) is 20.8 Å². The van der Waals surface area contributed by atoms with Gasteiger partial charge in [0.1, 0.15) is 0 Å². The molecule has 18 heavy (non-hydrogen) atoms. The van der Waals surface area contributed by atoms with Gasteiger partial charge in [-0.1, -0.05) is 29.0 Å². The van der Waals surface area contributed by atoms with Crippen molar-refractivity contribution in [3.8, 4) is 0 Å². The molecule has 0 radical (unpaired) electrons. The molecule has 0 aliphatic carbocycles. The fourth-order valence-corrected chi connectivity index (χ4v) is 1.18. The second-order valence-electron chi connectivity index (χ2n) is 2.93. The molecule has 9 heteroatoms. The second-order valence-corrected chi connectivity index (χ2v) is 4.19. The predicted octanol–water partition coefficient (Wildman–Crippen LogP) is 1.36. The summed E-state index contributed by atoms with van der Waals surface area (Å²) < 4.78 is 0. The van der Waals surface area contributed by atoms with E-state index in [2.05, 4.69) is 31.0 Å². The molecule has 0 aromatic rings. The smallest absolute Gasteiger partial charge is 0.203 e. The lowest BCUT2D eigenvalue weighted by atomic mass is 10.5. The lowest BCUT2D eigenvalue weighted by Gasteiger charge is -2.01. The molecule has 0 amide bonds. The highest BCUT2D eigenvalue weighted by Crippen LogP contribution is 2.01. The third kappa shape index (κ3) is 8.28. The largest absolute Gasteiger partial charge is 0.411 e. The summed E-state index contributed by atoms with van der Waals surface area (Å²) in [6.45, 7) is 5.26. The summed E-state index contributed by atoms with van der Waals surface area (Å²) in [7, 11) is 0. The Hall–Kier alpha value is -1.90. The first-order valence-electron chi connectivity index (χ1n) is 5.04. The van der Waals surface area contributed by atoms with Crippen LogP contribution in [0.15, 0.2) is 25.6 Å². The highest BCUT2D eigenvalue weighted by Gasteiger charge is 1.97. The summed E-state index contributed by atoms with van der Waals surface area (Å²) in [6, 6.07) is 0. The number of nitrogens with one attached hydrogen (secondary N) is 1. The average molecular weight is 272 g/mol. The van der Waals surface area contributed by atoms with E-state index in [1.807, 2.05) is 6.92 Å². The van der Waals surface area contributed by atoms with Crippen molar-refractivity contribution in [2.75, 3.05) is 5.75 Å². The van der Waals surface area contributed by atoms with Crippen LogP contribution in [-0.2, 0) is 0 Å². The van der Waals surface area contributed by atoms with E-state index >= 15 is 0 Å². The molecule has 0 aliphatic rings. The Kier molecular flexibility index (Phi) is 9.18. The van der Waals surface area contributed by atoms with Gasteiger partial charge in [-0.2, -0.15) is 10.2 Å². The molecule has 0 aromatic heterocycles. The molecule has 0 atom stereocenters. The number of hydrogen-bond donors (Lipinski definition) is 3. The van der Waals surface area contributed by atoms with Gasteiger partial charge in [-0.25, -0.2) is 0 Å². The molecule has 0 spiro atoms. The van der Waals surface area contributed by atoms with E-state index in [9.17, 15) is 0 Å². The van der Waals surface area contributed by atoms with E-state index in [0.717, 1.165) is 5.75 Å². The van der Waals surface area contributed by atoms with Crippen LogP contribution in [-0.4, -0.2) is 45.2 Å². The van der Waals surface area contributed by atoms with E-state index in [1.165, 1.54) is 24.2 Å². The molecule has 0 unspecified atom stereocenters. The standard InChI is InChI=1S/C9H16N6O2S/c1-4-18-9(14-12-7(2)5-10-16)15-13-8(3)6-11-17/h5-6,16-17H,4H2,1-3H3,(H,14,15)/b10-5+,11-6+,12-7+,13-8+. The van der Waals surface area contributed by atoms with Gasteiger partial charge >= 0.3 is 0 Å². The number of thioether (sulfide) groups is 1. The maximum atomic E-state index is 8.31. The van der Waals surface area contributed by atoms with Crippen LogP contribution in [0, 0.1) is 0 Å². The fraction of sp³-hybridized carbons (Fsp3) is 0.444. The topological polar surface area (TPSA) is 114 Å². The second kappa shape index (κ2) is 10.3. The minimum Gasteiger partial charge on any atom is -0.411 e. The fourth-order valence-electron chi connectivity index (χ4n) is 0.702. The van der Waals surface area contributed by atoms with Crippen LogP contribution in [0.25, 0.3) is 0 Å². The van der Waals surface area contributed by atoms with Gasteiger partial charge in [-0.3, -0.25) is 5.43 Å². The van der Waals surface area contributed by atoms with E-state index < -0.39 is 0 Å². The normalized spacial score (nSPS) is 14.7. The van der Waals surface area contributed by atoms with Crippen LogP contribution in [0.3, 0.4) is 0 Å². The summed E-state index contributed by atoms with van der Waals surface area (Å²) >= 11 is 1.41. The van der Waals surface area contributed by atoms with E-state index in [0.29, 0.717) is 16.6 Å². The Morgan fingerprint density at radius 2 is 1.72 bits per heavy atom. The summed E-state index contributed by atoms with van der Waals surface area (Å²) in [6.07, 6.45) is 2.36. The highest BCUT2D eigenvalue weighted by atomic mass is 32.2. The van der Waals surface area contributed by atoms with Crippen LogP contribution < -0.4 is 5.43 Å². The van der Waals surface area contributed by atoms with E-state index in [1.54, 1.807) is 13.8 Å². The van der Waals surface area contributed by atoms with Gasteiger partial charge in [0.15, 0.2) is 0 Å². The number of hydrazone groups is 1. The third-order valence-electron chi connectivity index (χ3n) is 1.40. The number of hydrogen-bond acceptors (Lipinski definition) is 8. The van der Waals surface area contributed by atoms with Gasteiger partial charge in [0.25, 0.3) is 0 Å². The maximum Gasteiger partial charge on any atom is 0.203 e. The first-order valence-corrected chi connectivity index (χ1v) is 6.02. The third-order valence-corrected chi connectivity index (χ3v) is 2.13. The molecule has 0 rings (SSSR count). The van der Waals surface area contributed by atoms with E-state index in [4.69, 9.17) is 10.4 Å². The Morgan fingerprint density at radius 1 is 1.11 bits per heavy atom. The zero-order chi connectivity index (χ0) is 13.8. The van der Waals surface area contributed by atoms with Crippen molar-refractivity contribution < 1.29 is 10.4 Å². The zero-order valence-electron chi connectivity index (χ0n) is 10.4. The molecule has 100 valence electrons. The van der Waals surface area contributed by atoms with Gasteiger partial charge in [-0.15, -0.1) is 5.10 Å². The van der Waals surface area contributed by atoms with Crippen molar-refractivity contribution in [1.82, 2.24) is 5.43 Å². The van der Waals surface area contributed by atoms with Gasteiger partial charge in [0.2, 0.25) is 5.17 Å². The van der Waals surface area contributed by atoms with Gasteiger partial charge in [0.05, 0.1) is 23.9 Å². The lowest BCUT2D eigenvalue weighted by molar-refractivity contribution is 0.322. The van der Waals surface area contributed by atoms with Crippen LogP contribution in [0.5, 0.6) is 0 Å². The molecular weight excluding hydrogens is 256 g/mol. The molecule has 0 fully saturated rings. The number of amidine groups is 1. The molecule has 0 saturated carbocycles. The SMILES string of the molecule is CCS\C(=N/N=C(C)/C=N/O)N/N=C(C)/C=N/O. The maximum absolute atomic E-state index is 8.31. The van der Waals surface area contributed by atoms with Gasteiger partial charge in [-0.05, 0) is 19.6 Å². The minimum absolute atomic E-state index is 0.450. The number of oxime groups is 2. The van der Waals surface area contributed by atoms with Crippen molar-refractivity contribution in [3.63, 3.8) is 0 Å². The Bertz CT molecular complexity index is 389. The average Bonchev–Trinajstić information content (AvgIpc) is 2.33. The zero-order valence-corrected chi connectivity index (χ0v) is 11.2. The van der Waals surface area contributed by atoms with Crippen LogP contribution in [0.4, 0.5) is 0 Å². The Morgan fingerprint density at radius 3 is 2.28 bits per heavy atom. The summed E-state index contributed by atoms with van der Waals surface area (Å²) in [4.78, 5) is 0. The lowest BCUT2D eigenvalue weighted by Crippen LogP contribution is -2.16. The van der Waals surface area contributed by atoms with E-state index in [-0.39, 0.29) is 0 Å². The highest BCUT2D eigenvalue weighted by molar-refractivity contribution is 8.13. The molecule has 0 heterocycles. The van der Waals surface area contributed by atoms with Crippen molar-refractivity contribution in [2.45, 2.75) is 20.8 Å². The Labute approximate surface area is 109 Å². The van der Waals surface area contributed by atoms with Crippen molar-refractivity contribution in [3.05, 3.63) is 0 Å². The Balaban J connectivity index is 4.70. The predicted molar refractivity (Wildman–Crippen MR) is 75.5 cm³/mol. The van der Waals surface area contributed by atoms with Crippen molar-refractivity contribution in [2.24, 2.45) is 25.6 Å². The minimum atomic E-state index is 0.450. The summed E-state index contributed by atoms with van der Waals surface area (Å²) in [5, 5.41) is 34.4. The number of rotatable bonds is 5. The van der Waals surface area contributed by atoms with Gasteiger partial charge < -0.3 is 10.4 Å². The molecule has 8 nitrogen and oxygen atoms in total. The van der Waals surface area contributed by atoms with Crippen molar-refractivity contribution in [1.29, 1.82) is 0 Å². The summed E-state index contributed by atoms with van der Waals surface area (Å²) in [5.41, 5.74) is 3.62. The molecular formula is C9H16N6O2S. The van der Waals surface area contributed by atoms with Gasteiger partial charge in [0, 0.05) is 0 Å². The molecule has 3 N–H and O–H groups in total. The quantitative estimate of drug-likeness (QED) is 0.303. The first-order chi connectivity index (χ1) is 8.63. The molecule has 0 bridgehead atoms. The molecule has 0 saturated heterocycles. The first kappa shape index (κ1) is 16.1. The monoisotopic (exact) mass is 272 g/mol.